The highest BCUT2D eigenvalue weighted by atomic mass is 19.4. The van der Waals surface area contributed by atoms with Crippen molar-refractivity contribution in [2.45, 2.75) is 45.9 Å². The van der Waals surface area contributed by atoms with Gasteiger partial charge in [-0.1, -0.05) is 12.1 Å². The maximum Gasteiger partial charge on any atom is 0.416 e. The monoisotopic (exact) mass is 967 g/mol. The van der Waals surface area contributed by atoms with Crippen molar-refractivity contribution in [1.82, 2.24) is 29.9 Å². The van der Waals surface area contributed by atoms with E-state index >= 15 is 0 Å². The predicted octanol–water partition coefficient (Wildman–Crippen LogP) is 8.22. The van der Waals surface area contributed by atoms with Crippen molar-refractivity contribution in [1.29, 1.82) is 0 Å². The van der Waals surface area contributed by atoms with Crippen molar-refractivity contribution in [2.24, 2.45) is 0 Å². The number of nitrogens with zero attached hydrogens (tertiary/aromatic N) is 9. The van der Waals surface area contributed by atoms with Gasteiger partial charge in [-0.25, -0.2) is 4.98 Å². The van der Waals surface area contributed by atoms with Crippen LogP contribution in [0, 0.1) is 13.8 Å². The van der Waals surface area contributed by atoms with E-state index in [9.17, 15) is 31.5 Å². The lowest BCUT2D eigenvalue weighted by Gasteiger charge is -2.36. The number of benzene rings is 2. The lowest BCUT2D eigenvalue weighted by molar-refractivity contribution is -0.137. The van der Waals surface area contributed by atoms with Crippen LogP contribution in [0.3, 0.4) is 0 Å². The van der Waals surface area contributed by atoms with Crippen molar-refractivity contribution in [3.63, 3.8) is 0 Å². The minimum Gasteiger partial charge on any atom is -0.464 e. The van der Waals surface area contributed by atoms with E-state index in [-0.39, 0.29) is 28.9 Å². The lowest BCUT2D eigenvalue weighted by Crippen LogP contribution is -2.47. The fourth-order valence-electron chi connectivity index (χ4n) is 7.91. The standard InChI is InChI=1S/C49H50F5N11O5/c1-6-69-47-60-39(37-22-34(11-10-29(37)2)57-45(67)32-12-13-55-41(21-32)48(4,50)51)24-43(62-47)65-16-19-70-36(28-65)27-63(5)46-59-40(25-42(61-46)64-14-17-68-18-15-64)38-23-35(26-56-30(38)3)58-44(66)31-8-7-9-33(20-31)49(52,53)54/h7-13,20-26,36H,6,14-19,27-28H2,1-5H3,(H,57,67)(H,58,66). The molecule has 70 heavy (non-hydrogen) atoms. The summed E-state index contributed by atoms with van der Waals surface area (Å²) in [6.45, 7) is 10.4. The number of rotatable bonds is 14. The van der Waals surface area contributed by atoms with Crippen molar-refractivity contribution in [3.8, 4) is 28.5 Å². The summed E-state index contributed by atoms with van der Waals surface area (Å²) in [5, 5.41) is 5.49. The number of aryl methyl sites for hydroxylation is 2. The Kier molecular flexibility index (Phi) is 14.5. The SMILES string of the molecule is CCOc1nc(-c2cc(NC(=O)c3ccnc(C(C)(F)F)c3)ccc2C)cc(N2CCOC(CN(C)c3nc(-c4cc(NC(=O)c5cccc(C(F)(F)F)c5)cnc4C)cc(N4CCOCC4)n3)C2)n1. The van der Waals surface area contributed by atoms with Crippen molar-refractivity contribution in [3.05, 3.63) is 119 Å². The van der Waals surface area contributed by atoms with Crippen LogP contribution in [-0.4, -0.2) is 114 Å². The van der Waals surface area contributed by atoms with Gasteiger partial charge in [0.1, 0.15) is 17.3 Å². The van der Waals surface area contributed by atoms with E-state index in [1.807, 2.05) is 44.0 Å². The van der Waals surface area contributed by atoms with Gasteiger partial charge < -0.3 is 39.5 Å². The number of amides is 2. The number of carbonyl (C=O) groups excluding carboxylic acids is 2. The van der Waals surface area contributed by atoms with Gasteiger partial charge in [0.2, 0.25) is 5.95 Å². The van der Waals surface area contributed by atoms with E-state index in [0.29, 0.717) is 111 Å². The Bertz CT molecular complexity index is 2880. The summed E-state index contributed by atoms with van der Waals surface area (Å²) in [6.07, 6.45) is -2.36. The number of pyridine rings is 2. The van der Waals surface area contributed by atoms with Crippen LogP contribution < -0.4 is 30.1 Å². The van der Waals surface area contributed by atoms with E-state index < -0.39 is 35.2 Å². The Morgan fingerprint density at radius 1 is 0.786 bits per heavy atom. The highest BCUT2D eigenvalue weighted by molar-refractivity contribution is 6.05. The Labute approximate surface area is 400 Å². The van der Waals surface area contributed by atoms with E-state index in [1.165, 1.54) is 30.6 Å². The van der Waals surface area contributed by atoms with E-state index in [1.54, 1.807) is 25.1 Å². The maximum absolute atomic E-state index is 14.0. The summed E-state index contributed by atoms with van der Waals surface area (Å²) < 4.78 is 86.0. The van der Waals surface area contributed by atoms with Crippen LogP contribution in [0.5, 0.6) is 6.01 Å². The molecule has 2 aliphatic heterocycles. The quantitative estimate of drug-likeness (QED) is 0.100. The molecule has 8 rings (SSSR count). The minimum absolute atomic E-state index is 0.0302. The molecule has 0 aliphatic carbocycles. The van der Waals surface area contributed by atoms with Crippen molar-refractivity contribution in [2.75, 3.05) is 91.5 Å². The van der Waals surface area contributed by atoms with E-state index in [0.717, 1.165) is 30.7 Å². The third-order valence-corrected chi connectivity index (χ3v) is 11.6. The number of hydrogen-bond donors (Lipinski definition) is 2. The lowest BCUT2D eigenvalue weighted by atomic mass is 10.0. The molecule has 16 nitrogen and oxygen atoms in total. The first-order valence-corrected chi connectivity index (χ1v) is 22.5. The summed E-state index contributed by atoms with van der Waals surface area (Å²) in [5.41, 5.74) is 2.84. The molecule has 4 aromatic heterocycles. The fraction of sp³-hybridized carbons (Fsp3) is 0.347. The molecule has 366 valence electrons. The summed E-state index contributed by atoms with van der Waals surface area (Å²) >= 11 is 0. The molecule has 0 saturated carbocycles. The molecule has 2 N–H and O–H groups in total. The second-order valence-electron chi connectivity index (χ2n) is 16.8. The predicted molar refractivity (Wildman–Crippen MR) is 253 cm³/mol. The molecule has 0 bridgehead atoms. The van der Waals surface area contributed by atoms with Crippen LogP contribution in [-0.2, 0) is 21.6 Å². The summed E-state index contributed by atoms with van der Waals surface area (Å²) in [6, 6.07) is 17.4. The van der Waals surface area contributed by atoms with Gasteiger partial charge in [-0.3, -0.25) is 19.6 Å². The Hall–Kier alpha value is -7.39. The van der Waals surface area contributed by atoms with Crippen LogP contribution in [0.1, 0.15) is 57.1 Å². The number of carbonyl (C=O) groups is 2. The van der Waals surface area contributed by atoms with Crippen molar-refractivity contribution < 1.29 is 45.8 Å². The molecule has 2 saturated heterocycles. The summed E-state index contributed by atoms with van der Waals surface area (Å²) in [4.78, 5) is 60.1. The molecule has 6 aromatic rings. The van der Waals surface area contributed by atoms with Crippen LogP contribution in [0.4, 0.5) is 50.9 Å². The molecule has 21 heteroatoms. The normalized spacial score (nSPS) is 15.4. The molecular formula is C49H50F5N11O5. The number of ether oxygens (including phenoxy) is 3. The summed E-state index contributed by atoms with van der Waals surface area (Å²) in [7, 11) is 1.86. The van der Waals surface area contributed by atoms with Crippen molar-refractivity contribution >= 4 is 40.8 Å². The third kappa shape index (κ3) is 11.7. The van der Waals surface area contributed by atoms with Gasteiger partial charge in [0, 0.05) is 98.7 Å². The number of alkyl halides is 5. The summed E-state index contributed by atoms with van der Waals surface area (Å²) in [5.74, 6) is -2.92. The number of morpholine rings is 2. The van der Waals surface area contributed by atoms with Crippen LogP contribution >= 0.6 is 0 Å². The molecule has 1 atom stereocenters. The minimum atomic E-state index is -4.61. The van der Waals surface area contributed by atoms with E-state index in [4.69, 9.17) is 34.1 Å². The number of hydrogen-bond acceptors (Lipinski definition) is 14. The smallest absolute Gasteiger partial charge is 0.416 e. The van der Waals surface area contributed by atoms with E-state index in [2.05, 4.69) is 30.4 Å². The van der Waals surface area contributed by atoms with Crippen LogP contribution in [0.25, 0.3) is 22.5 Å². The number of aromatic nitrogens is 6. The molecule has 2 aromatic carbocycles. The highest BCUT2D eigenvalue weighted by Gasteiger charge is 2.32. The molecule has 2 amide bonds. The zero-order chi connectivity index (χ0) is 49.7. The number of nitrogens with one attached hydrogen (secondary N) is 2. The zero-order valence-electron chi connectivity index (χ0n) is 39.0. The second kappa shape index (κ2) is 20.7. The second-order valence-corrected chi connectivity index (χ2v) is 16.8. The number of anilines is 5. The Morgan fingerprint density at radius 2 is 1.47 bits per heavy atom. The van der Waals surface area contributed by atoms with Gasteiger partial charge in [-0.05, 0) is 74.9 Å². The van der Waals surface area contributed by atoms with Gasteiger partial charge >= 0.3 is 12.2 Å². The highest BCUT2D eigenvalue weighted by Crippen LogP contribution is 2.34. The molecule has 6 heterocycles. The topological polar surface area (TPSA) is 173 Å². The zero-order valence-corrected chi connectivity index (χ0v) is 39.0. The Balaban J connectivity index is 1.03. The van der Waals surface area contributed by atoms with Gasteiger partial charge in [-0.15, -0.1) is 0 Å². The number of likely N-dealkylation sites (N-methyl/N-ethyl adjacent to an activating group) is 1. The van der Waals surface area contributed by atoms with Gasteiger partial charge in [-0.2, -0.15) is 36.9 Å². The average Bonchev–Trinajstić information content (AvgIpc) is 3.35. The first-order chi connectivity index (χ1) is 33.4. The first kappa shape index (κ1) is 49.0. The molecule has 2 aliphatic rings. The Morgan fingerprint density at radius 3 is 2.20 bits per heavy atom. The van der Waals surface area contributed by atoms with Crippen LogP contribution in [0.2, 0.25) is 0 Å². The molecular weight excluding hydrogens is 918 g/mol. The largest absolute Gasteiger partial charge is 0.464 e. The number of halogens is 5. The molecule has 2 fully saturated rings. The molecule has 0 spiro atoms. The van der Waals surface area contributed by atoms with Crippen LogP contribution in [0.15, 0.2) is 85.2 Å². The van der Waals surface area contributed by atoms with Gasteiger partial charge in [0.15, 0.2) is 0 Å². The first-order valence-electron chi connectivity index (χ1n) is 22.5. The van der Waals surface area contributed by atoms with Gasteiger partial charge in [0.05, 0.1) is 61.4 Å². The molecule has 1 unspecified atom stereocenters. The maximum atomic E-state index is 14.0. The average molecular weight is 968 g/mol. The van der Waals surface area contributed by atoms with Gasteiger partial charge in [0.25, 0.3) is 17.7 Å². The molecule has 0 radical (unpaired) electrons. The fourth-order valence-corrected chi connectivity index (χ4v) is 7.91. The third-order valence-electron chi connectivity index (χ3n) is 11.6.